The highest BCUT2D eigenvalue weighted by Gasteiger charge is 2.44. The van der Waals surface area contributed by atoms with E-state index in [1.165, 1.54) is 18.0 Å². The van der Waals surface area contributed by atoms with E-state index in [2.05, 4.69) is 15.3 Å². The summed E-state index contributed by atoms with van der Waals surface area (Å²) in [6.07, 6.45) is 3.27. The number of hydrogen-bond acceptors (Lipinski definition) is 6. The Labute approximate surface area is 124 Å². The molecule has 0 aliphatic carbocycles. The number of aliphatic carboxylic acids is 1. The van der Waals surface area contributed by atoms with Gasteiger partial charge >= 0.3 is 5.97 Å². The van der Waals surface area contributed by atoms with Crippen molar-refractivity contribution in [2.45, 2.75) is 17.1 Å². The Kier molecular flexibility index (Phi) is 4.46. The minimum Gasteiger partial charge on any atom is -0.479 e. The molecule has 2 rings (SSSR count). The third kappa shape index (κ3) is 2.87. The second-order valence-electron chi connectivity index (χ2n) is 4.20. The van der Waals surface area contributed by atoms with Crippen LogP contribution >= 0.6 is 23.4 Å². The minimum atomic E-state index is -1.43. The van der Waals surface area contributed by atoms with Crippen LogP contribution < -0.4 is 5.32 Å². The van der Waals surface area contributed by atoms with Crippen molar-refractivity contribution in [2.75, 3.05) is 19.5 Å². The maximum atomic E-state index is 12.2. The molecule has 0 radical (unpaired) electrons. The van der Waals surface area contributed by atoms with Crippen LogP contribution in [0, 0.1) is 0 Å². The predicted molar refractivity (Wildman–Crippen MR) is 72.1 cm³/mol. The summed E-state index contributed by atoms with van der Waals surface area (Å²) in [5.41, 5.74) is -1.47. The highest BCUT2D eigenvalue weighted by atomic mass is 35.5. The molecule has 7 nitrogen and oxygen atoms in total. The Balaban J connectivity index is 2.25. The Hall–Kier alpha value is -1.38. The van der Waals surface area contributed by atoms with Gasteiger partial charge in [-0.2, -0.15) is 0 Å². The van der Waals surface area contributed by atoms with Crippen LogP contribution in [-0.2, 0) is 9.53 Å². The minimum absolute atomic E-state index is 0.0430. The van der Waals surface area contributed by atoms with Gasteiger partial charge in [-0.05, 0) is 6.26 Å². The molecular formula is C11H12ClN3O4S. The van der Waals surface area contributed by atoms with Crippen LogP contribution in [0.4, 0.5) is 0 Å². The van der Waals surface area contributed by atoms with Crippen LogP contribution in [0.5, 0.6) is 0 Å². The molecule has 2 heterocycles. The summed E-state index contributed by atoms with van der Waals surface area (Å²) in [6.45, 7) is 0.201. The summed E-state index contributed by atoms with van der Waals surface area (Å²) in [7, 11) is 0. The van der Waals surface area contributed by atoms with Gasteiger partial charge in [-0.25, -0.2) is 14.8 Å². The Morgan fingerprint density at radius 1 is 1.60 bits per heavy atom. The second-order valence-corrected chi connectivity index (χ2v) is 5.38. The normalized spacial score (nSPS) is 21.7. The number of carbonyl (C=O) groups excluding carboxylic acids is 1. The molecule has 1 saturated heterocycles. The smallest absolute Gasteiger partial charge is 0.331 e. The first-order valence-corrected chi connectivity index (χ1v) is 7.29. The summed E-state index contributed by atoms with van der Waals surface area (Å²) in [6, 6.07) is 0. The van der Waals surface area contributed by atoms with Gasteiger partial charge in [0, 0.05) is 13.0 Å². The molecule has 1 aromatic rings. The Bertz CT molecular complexity index is 548. The molecule has 0 saturated carbocycles. The van der Waals surface area contributed by atoms with E-state index in [1.54, 1.807) is 6.26 Å². The summed E-state index contributed by atoms with van der Waals surface area (Å²) in [5.74, 6) is -1.79. The molecule has 1 unspecified atom stereocenters. The number of nitrogens with one attached hydrogen (secondary N) is 1. The van der Waals surface area contributed by atoms with E-state index in [0.29, 0.717) is 5.16 Å². The topological polar surface area (TPSA) is 101 Å². The molecule has 1 aliphatic heterocycles. The lowest BCUT2D eigenvalue weighted by molar-refractivity contribution is -0.144. The van der Waals surface area contributed by atoms with Crippen molar-refractivity contribution in [3.8, 4) is 0 Å². The molecule has 1 aromatic heterocycles. The van der Waals surface area contributed by atoms with Gasteiger partial charge in [0.2, 0.25) is 0 Å². The lowest BCUT2D eigenvalue weighted by Crippen LogP contribution is -2.55. The molecule has 1 aliphatic rings. The molecule has 9 heteroatoms. The van der Waals surface area contributed by atoms with Crippen molar-refractivity contribution in [3.05, 3.63) is 16.9 Å². The van der Waals surface area contributed by atoms with Gasteiger partial charge in [-0.15, -0.1) is 0 Å². The van der Waals surface area contributed by atoms with E-state index in [1.807, 2.05) is 0 Å². The number of aromatic nitrogens is 2. The average Bonchev–Trinajstić information content (AvgIpc) is 2.89. The lowest BCUT2D eigenvalue weighted by Gasteiger charge is -2.23. The van der Waals surface area contributed by atoms with Gasteiger partial charge in [0.25, 0.3) is 5.91 Å². The Morgan fingerprint density at radius 3 is 2.90 bits per heavy atom. The molecule has 108 valence electrons. The van der Waals surface area contributed by atoms with Gasteiger partial charge in [-0.3, -0.25) is 4.79 Å². The maximum absolute atomic E-state index is 12.2. The lowest BCUT2D eigenvalue weighted by atomic mass is 9.99. The van der Waals surface area contributed by atoms with Crippen LogP contribution in [0.1, 0.15) is 16.9 Å². The molecule has 0 bridgehead atoms. The molecular weight excluding hydrogens is 306 g/mol. The van der Waals surface area contributed by atoms with Gasteiger partial charge in [0.1, 0.15) is 0 Å². The van der Waals surface area contributed by atoms with Gasteiger partial charge in [0.05, 0.1) is 17.8 Å². The molecule has 0 aromatic carbocycles. The van der Waals surface area contributed by atoms with E-state index in [-0.39, 0.29) is 30.4 Å². The number of amides is 1. The number of carboxylic acids is 1. The summed E-state index contributed by atoms with van der Waals surface area (Å²) < 4.78 is 5.07. The highest BCUT2D eigenvalue weighted by molar-refractivity contribution is 7.98. The van der Waals surface area contributed by atoms with E-state index >= 15 is 0 Å². The molecule has 1 fully saturated rings. The zero-order valence-corrected chi connectivity index (χ0v) is 12.1. The van der Waals surface area contributed by atoms with Gasteiger partial charge < -0.3 is 15.2 Å². The SMILES string of the molecule is CSc1ncc(Cl)c(C(=O)NC2(C(=O)O)CCOC2)n1. The number of nitrogens with zero attached hydrogens (tertiary/aromatic N) is 2. The fourth-order valence-electron chi connectivity index (χ4n) is 1.77. The van der Waals surface area contributed by atoms with E-state index in [9.17, 15) is 14.7 Å². The first-order valence-electron chi connectivity index (χ1n) is 5.69. The number of thioether (sulfide) groups is 1. The standard InChI is InChI=1S/C11H12ClN3O4S/c1-20-10-13-4-6(12)7(14-10)8(16)15-11(9(17)18)2-3-19-5-11/h4H,2-3,5H2,1H3,(H,15,16)(H,17,18). The number of carbonyl (C=O) groups is 2. The quantitative estimate of drug-likeness (QED) is 0.626. The van der Waals surface area contributed by atoms with Gasteiger partial charge in [0.15, 0.2) is 16.4 Å². The van der Waals surface area contributed by atoms with Crippen molar-refractivity contribution in [1.82, 2.24) is 15.3 Å². The molecule has 1 amide bonds. The fraction of sp³-hybridized carbons (Fsp3) is 0.455. The summed E-state index contributed by atoms with van der Waals surface area (Å²) in [5, 5.41) is 12.2. The largest absolute Gasteiger partial charge is 0.479 e. The van der Waals surface area contributed by atoms with Crippen LogP contribution in [0.3, 0.4) is 0 Å². The van der Waals surface area contributed by atoms with Crippen molar-refractivity contribution >= 4 is 35.2 Å². The number of ether oxygens (including phenoxy) is 1. The molecule has 0 spiro atoms. The number of halogens is 1. The first-order chi connectivity index (χ1) is 9.48. The second kappa shape index (κ2) is 5.94. The summed E-state index contributed by atoms with van der Waals surface area (Å²) in [4.78, 5) is 31.4. The van der Waals surface area contributed by atoms with Crippen LogP contribution in [-0.4, -0.2) is 52.0 Å². The van der Waals surface area contributed by atoms with E-state index < -0.39 is 17.4 Å². The van der Waals surface area contributed by atoms with Crippen LogP contribution in [0.2, 0.25) is 5.02 Å². The van der Waals surface area contributed by atoms with Crippen molar-refractivity contribution < 1.29 is 19.4 Å². The maximum Gasteiger partial charge on any atom is 0.331 e. The van der Waals surface area contributed by atoms with Crippen molar-refractivity contribution in [2.24, 2.45) is 0 Å². The van der Waals surface area contributed by atoms with Crippen LogP contribution in [0.15, 0.2) is 11.4 Å². The molecule has 2 N–H and O–H groups in total. The average molecular weight is 318 g/mol. The third-order valence-corrected chi connectivity index (χ3v) is 3.74. The molecule has 1 atom stereocenters. The van der Waals surface area contributed by atoms with Crippen LogP contribution in [0.25, 0.3) is 0 Å². The summed E-state index contributed by atoms with van der Waals surface area (Å²) >= 11 is 7.14. The Morgan fingerprint density at radius 2 is 2.35 bits per heavy atom. The monoisotopic (exact) mass is 317 g/mol. The number of carboxylic acid groups (broad SMARTS) is 1. The molecule has 20 heavy (non-hydrogen) atoms. The number of rotatable bonds is 4. The number of hydrogen-bond donors (Lipinski definition) is 2. The zero-order valence-electron chi connectivity index (χ0n) is 10.6. The van der Waals surface area contributed by atoms with Crippen molar-refractivity contribution in [3.63, 3.8) is 0 Å². The fourth-order valence-corrected chi connectivity index (χ4v) is 2.29. The van der Waals surface area contributed by atoms with Crippen molar-refractivity contribution in [1.29, 1.82) is 0 Å². The van der Waals surface area contributed by atoms with E-state index in [0.717, 1.165) is 0 Å². The van der Waals surface area contributed by atoms with E-state index in [4.69, 9.17) is 16.3 Å². The first kappa shape index (κ1) is 15.0. The highest BCUT2D eigenvalue weighted by Crippen LogP contribution is 2.22. The zero-order chi connectivity index (χ0) is 14.8. The third-order valence-electron chi connectivity index (χ3n) is 2.90. The predicted octanol–water partition coefficient (Wildman–Crippen LogP) is 0.825. The van der Waals surface area contributed by atoms with Gasteiger partial charge in [-0.1, -0.05) is 23.4 Å².